The van der Waals surface area contributed by atoms with Gasteiger partial charge in [-0.3, -0.25) is 4.79 Å². The number of nitrogens with one attached hydrogen (secondary N) is 2. The van der Waals surface area contributed by atoms with Gasteiger partial charge in [0.05, 0.1) is 6.54 Å². The Kier molecular flexibility index (Phi) is 4.97. The molecule has 2 rings (SSSR count). The lowest BCUT2D eigenvalue weighted by atomic mass is 10.1. The minimum atomic E-state index is 0.0369. The lowest BCUT2D eigenvalue weighted by molar-refractivity contribution is -0.115. The highest BCUT2D eigenvalue weighted by Gasteiger charge is 2.20. The summed E-state index contributed by atoms with van der Waals surface area (Å²) >= 11 is 0. The van der Waals surface area contributed by atoms with E-state index in [4.69, 9.17) is 0 Å². The highest BCUT2D eigenvalue weighted by molar-refractivity contribution is 5.92. The molecular formula is C16H24N2O. The maximum absolute atomic E-state index is 11.8. The summed E-state index contributed by atoms with van der Waals surface area (Å²) in [5.74, 6) is 1.64. The van der Waals surface area contributed by atoms with Crippen LogP contribution in [0.3, 0.4) is 0 Å². The fourth-order valence-corrected chi connectivity index (χ4v) is 2.74. The van der Waals surface area contributed by atoms with Gasteiger partial charge in [-0.15, -0.1) is 0 Å². The normalized spacial score (nSPS) is 22.4. The SMILES string of the molecule is Cc1ccc(NC(=O)CNCC2CCC(C)C2)cc1. The smallest absolute Gasteiger partial charge is 0.238 e. The molecule has 1 aromatic carbocycles. The van der Waals surface area contributed by atoms with Crippen molar-refractivity contribution in [3.63, 3.8) is 0 Å². The summed E-state index contributed by atoms with van der Waals surface area (Å²) in [6.07, 6.45) is 3.93. The van der Waals surface area contributed by atoms with E-state index in [9.17, 15) is 4.79 Å². The standard InChI is InChI=1S/C16H24N2O/c1-12-4-7-15(8-5-12)18-16(19)11-17-10-14-6-3-13(2)9-14/h4-5,7-8,13-14,17H,3,6,9-11H2,1-2H3,(H,18,19). The third-order valence-corrected chi connectivity index (χ3v) is 3.86. The highest BCUT2D eigenvalue weighted by Crippen LogP contribution is 2.29. The summed E-state index contributed by atoms with van der Waals surface area (Å²) in [5, 5.41) is 6.17. The van der Waals surface area contributed by atoms with Crippen molar-refractivity contribution < 1.29 is 4.79 Å². The van der Waals surface area contributed by atoms with Gasteiger partial charge in [-0.1, -0.05) is 31.0 Å². The molecule has 0 aliphatic heterocycles. The molecule has 1 amide bonds. The Morgan fingerprint density at radius 3 is 2.63 bits per heavy atom. The van der Waals surface area contributed by atoms with Crippen molar-refractivity contribution in [2.45, 2.75) is 33.1 Å². The lowest BCUT2D eigenvalue weighted by Crippen LogP contribution is -2.31. The average molecular weight is 260 g/mol. The number of hydrogen-bond acceptors (Lipinski definition) is 2. The molecule has 0 bridgehead atoms. The molecule has 3 nitrogen and oxygen atoms in total. The molecule has 1 aliphatic rings. The number of anilines is 1. The predicted octanol–water partition coefficient (Wildman–Crippen LogP) is 2.96. The van der Waals surface area contributed by atoms with Crippen molar-refractivity contribution in [3.05, 3.63) is 29.8 Å². The first kappa shape index (κ1) is 14.1. The van der Waals surface area contributed by atoms with Crippen LogP contribution in [0.5, 0.6) is 0 Å². The van der Waals surface area contributed by atoms with Crippen LogP contribution in [0.25, 0.3) is 0 Å². The van der Waals surface area contributed by atoms with Crippen LogP contribution >= 0.6 is 0 Å². The Morgan fingerprint density at radius 2 is 2.00 bits per heavy atom. The molecule has 1 fully saturated rings. The van der Waals surface area contributed by atoms with E-state index < -0.39 is 0 Å². The summed E-state index contributed by atoms with van der Waals surface area (Å²) in [4.78, 5) is 11.8. The third kappa shape index (κ3) is 4.67. The molecule has 104 valence electrons. The fourth-order valence-electron chi connectivity index (χ4n) is 2.74. The molecule has 2 N–H and O–H groups in total. The zero-order valence-electron chi connectivity index (χ0n) is 11.9. The van der Waals surface area contributed by atoms with Crippen LogP contribution in [0.15, 0.2) is 24.3 Å². The van der Waals surface area contributed by atoms with Crippen molar-refractivity contribution in [3.8, 4) is 0 Å². The van der Waals surface area contributed by atoms with E-state index in [0.29, 0.717) is 6.54 Å². The molecule has 2 atom stereocenters. The molecule has 0 heterocycles. The summed E-state index contributed by atoms with van der Waals surface area (Å²) in [5.41, 5.74) is 2.07. The first-order valence-corrected chi connectivity index (χ1v) is 7.20. The van der Waals surface area contributed by atoms with E-state index in [0.717, 1.165) is 24.1 Å². The summed E-state index contributed by atoms with van der Waals surface area (Å²) in [6.45, 7) is 5.71. The summed E-state index contributed by atoms with van der Waals surface area (Å²) in [6, 6.07) is 7.88. The second-order valence-corrected chi connectivity index (χ2v) is 5.83. The van der Waals surface area contributed by atoms with E-state index >= 15 is 0 Å². The van der Waals surface area contributed by atoms with E-state index in [2.05, 4.69) is 17.6 Å². The molecule has 1 aliphatic carbocycles. The maximum Gasteiger partial charge on any atom is 0.238 e. The molecule has 1 saturated carbocycles. The number of hydrogen-bond donors (Lipinski definition) is 2. The van der Waals surface area contributed by atoms with Crippen LogP contribution in [-0.2, 0) is 4.79 Å². The summed E-state index contributed by atoms with van der Waals surface area (Å²) in [7, 11) is 0. The van der Waals surface area contributed by atoms with Crippen LogP contribution in [0.2, 0.25) is 0 Å². The topological polar surface area (TPSA) is 41.1 Å². The Bertz CT molecular complexity index is 413. The van der Waals surface area contributed by atoms with Crippen LogP contribution < -0.4 is 10.6 Å². The van der Waals surface area contributed by atoms with Crippen molar-refractivity contribution in [2.24, 2.45) is 11.8 Å². The van der Waals surface area contributed by atoms with Gasteiger partial charge in [0.1, 0.15) is 0 Å². The van der Waals surface area contributed by atoms with Crippen LogP contribution in [-0.4, -0.2) is 19.0 Å². The van der Waals surface area contributed by atoms with Crippen molar-refractivity contribution >= 4 is 11.6 Å². The first-order chi connectivity index (χ1) is 9.13. The lowest BCUT2D eigenvalue weighted by Gasteiger charge is -2.11. The number of aryl methyl sites for hydroxylation is 1. The molecule has 0 radical (unpaired) electrons. The molecule has 0 spiro atoms. The minimum Gasteiger partial charge on any atom is -0.325 e. The van der Waals surface area contributed by atoms with E-state index in [1.807, 2.05) is 31.2 Å². The van der Waals surface area contributed by atoms with Gasteiger partial charge in [0.25, 0.3) is 0 Å². The van der Waals surface area contributed by atoms with E-state index in [1.165, 1.54) is 24.8 Å². The van der Waals surface area contributed by atoms with Gasteiger partial charge in [0, 0.05) is 5.69 Å². The second-order valence-electron chi connectivity index (χ2n) is 5.83. The van der Waals surface area contributed by atoms with Gasteiger partial charge < -0.3 is 10.6 Å². The first-order valence-electron chi connectivity index (χ1n) is 7.20. The largest absolute Gasteiger partial charge is 0.325 e. The number of amides is 1. The molecule has 0 aromatic heterocycles. The Labute approximate surface area is 115 Å². The van der Waals surface area contributed by atoms with Gasteiger partial charge in [-0.2, -0.15) is 0 Å². The highest BCUT2D eigenvalue weighted by atomic mass is 16.1. The Balaban J connectivity index is 1.66. The van der Waals surface area contributed by atoms with Crippen molar-refractivity contribution in [1.82, 2.24) is 5.32 Å². The van der Waals surface area contributed by atoms with Gasteiger partial charge >= 0.3 is 0 Å². The molecule has 19 heavy (non-hydrogen) atoms. The van der Waals surface area contributed by atoms with Crippen LogP contribution in [0, 0.1) is 18.8 Å². The maximum atomic E-state index is 11.8. The van der Waals surface area contributed by atoms with E-state index in [1.54, 1.807) is 0 Å². The Hall–Kier alpha value is -1.35. The van der Waals surface area contributed by atoms with Crippen molar-refractivity contribution in [2.75, 3.05) is 18.4 Å². The van der Waals surface area contributed by atoms with Gasteiger partial charge in [-0.25, -0.2) is 0 Å². The number of rotatable bonds is 5. The van der Waals surface area contributed by atoms with E-state index in [-0.39, 0.29) is 5.91 Å². The number of carbonyl (C=O) groups excluding carboxylic acids is 1. The third-order valence-electron chi connectivity index (χ3n) is 3.86. The zero-order valence-corrected chi connectivity index (χ0v) is 11.9. The Morgan fingerprint density at radius 1 is 1.26 bits per heavy atom. The molecule has 1 aromatic rings. The number of carbonyl (C=O) groups is 1. The van der Waals surface area contributed by atoms with Gasteiger partial charge in [0.15, 0.2) is 0 Å². The van der Waals surface area contributed by atoms with Crippen LogP contribution in [0.4, 0.5) is 5.69 Å². The van der Waals surface area contributed by atoms with Crippen molar-refractivity contribution in [1.29, 1.82) is 0 Å². The monoisotopic (exact) mass is 260 g/mol. The van der Waals surface area contributed by atoms with Crippen LogP contribution in [0.1, 0.15) is 31.7 Å². The molecular weight excluding hydrogens is 236 g/mol. The molecule has 3 heteroatoms. The molecule has 0 saturated heterocycles. The minimum absolute atomic E-state index is 0.0369. The summed E-state index contributed by atoms with van der Waals surface area (Å²) < 4.78 is 0. The zero-order chi connectivity index (χ0) is 13.7. The van der Waals surface area contributed by atoms with Gasteiger partial charge in [0.2, 0.25) is 5.91 Å². The second kappa shape index (κ2) is 6.71. The fraction of sp³-hybridized carbons (Fsp3) is 0.562. The molecule has 2 unspecified atom stereocenters. The quantitative estimate of drug-likeness (QED) is 0.854. The average Bonchev–Trinajstić information content (AvgIpc) is 2.78. The van der Waals surface area contributed by atoms with Gasteiger partial charge in [-0.05, 0) is 50.3 Å². The predicted molar refractivity (Wildman–Crippen MR) is 79.2 cm³/mol. The number of benzene rings is 1.